The summed E-state index contributed by atoms with van der Waals surface area (Å²) >= 11 is 1.74. The van der Waals surface area contributed by atoms with Gasteiger partial charge in [0.1, 0.15) is 0 Å². The number of rotatable bonds is 4. The van der Waals surface area contributed by atoms with Gasteiger partial charge < -0.3 is 10.6 Å². The third-order valence-corrected chi connectivity index (χ3v) is 3.88. The SMILES string of the molecule is Cc1nc(CCNC2CCCNCC2)cs1. The van der Waals surface area contributed by atoms with Crippen LogP contribution in [0.3, 0.4) is 0 Å². The summed E-state index contributed by atoms with van der Waals surface area (Å²) in [5.74, 6) is 0. The summed E-state index contributed by atoms with van der Waals surface area (Å²) in [6.07, 6.45) is 4.93. The van der Waals surface area contributed by atoms with E-state index in [-0.39, 0.29) is 0 Å². The van der Waals surface area contributed by atoms with Crippen molar-refractivity contribution in [2.24, 2.45) is 0 Å². The van der Waals surface area contributed by atoms with Gasteiger partial charge in [0.25, 0.3) is 0 Å². The molecule has 0 aliphatic carbocycles. The Labute approximate surface area is 102 Å². The third-order valence-electron chi connectivity index (χ3n) is 3.06. The maximum absolute atomic E-state index is 4.48. The second-order valence-corrected chi connectivity index (χ2v) is 5.50. The largest absolute Gasteiger partial charge is 0.317 e. The van der Waals surface area contributed by atoms with Gasteiger partial charge in [-0.2, -0.15) is 0 Å². The van der Waals surface area contributed by atoms with Crippen molar-refractivity contribution in [1.29, 1.82) is 0 Å². The van der Waals surface area contributed by atoms with Crippen LogP contribution < -0.4 is 10.6 Å². The molecule has 90 valence electrons. The lowest BCUT2D eigenvalue weighted by molar-refractivity contribution is 0.471. The molecule has 1 saturated heterocycles. The van der Waals surface area contributed by atoms with E-state index < -0.39 is 0 Å². The Kier molecular flexibility index (Phi) is 4.75. The van der Waals surface area contributed by atoms with Gasteiger partial charge >= 0.3 is 0 Å². The van der Waals surface area contributed by atoms with Crippen LogP contribution in [0, 0.1) is 6.92 Å². The van der Waals surface area contributed by atoms with Crippen molar-refractivity contribution in [3.8, 4) is 0 Å². The minimum Gasteiger partial charge on any atom is -0.317 e. The number of aryl methyl sites for hydroxylation is 1. The smallest absolute Gasteiger partial charge is 0.0897 e. The maximum atomic E-state index is 4.48. The van der Waals surface area contributed by atoms with Gasteiger partial charge in [0, 0.05) is 24.4 Å². The Bertz CT molecular complexity index is 303. The third kappa shape index (κ3) is 3.85. The van der Waals surface area contributed by atoms with Gasteiger partial charge in [-0.15, -0.1) is 11.3 Å². The van der Waals surface area contributed by atoms with E-state index in [1.807, 2.05) is 0 Å². The molecule has 0 amide bonds. The minimum absolute atomic E-state index is 0.703. The molecule has 0 radical (unpaired) electrons. The van der Waals surface area contributed by atoms with Crippen LogP contribution >= 0.6 is 11.3 Å². The summed E-state index contributed by atoms with van der Waals surface area (Å²) in [5.41, 5.74) is 1.24. The van der Waals surface area contributed by atoms with Gasteiger partial charge in [0.2, 0.25) is 0 Å². The number of thiazole rings is 1. The first-order valence-electron chi connectivity index (χ1n) is 6.20. The van der Waals surface area contributed by atoms with Gasteiger partial charge in [0.05, 0.1) is 10.7 Å². The summed E-state index contributed by atoms with van der Waals surface area (Å²) in [7, 11) is 0. The molecule has 0 saturated carbocycles. The standard InChI is InChI=1S/C12H21N3S/c1-10-15-12(9-16-10)5-8-14-11-3-2-6-13-7-4-11/h9,11,13-14H,2-8H2,1H3. The van der Waals surface area contributed by atoms with E-state index in [0.29, 0.717) is 6.04 Å². The van der Waals surface area contributed by atoms with Gasteiger partial charge in [-0.3, -0.25) is 0 Å². The quantitative estimate of drug-likeness (QED) is 0.840. The van der Waals surface area contributed by atoms with Gasteiger partial charge in [0.15, 0.2) is 0 Å². The van der Waals surface area contributed by atoms with Crippen molar-refractivity contribution in [2.45, 2.75) is 38.6 Å². The Hall–Kier alpha value is -0.450. The van der Waals surface area contributed by atoms with Crippen LogP contribution in [0.15, 0.2) is 5.38 Å². The van der Waals surface area contributed by atoms with Gasteiger partial charge in [-0.25, -0.2) is 4.98 Å². The summed E-state index contributed by atoms with van der Waals surface area (Å²) in [5, 5.41) is 10.4. The molecule has 1 atom stereocenters. The average Bonchev–Trinajstić information content (AvgIpc) is 2.54. The van der Waals surface area contributed by atoms with Crippen LogP contribution in [-0.2, 0) is 6.42 Å². The molecule has 3 nitrogen and oxygen atoms in total. The highest BCUT2D eigenvalue weighted by Crippen LogP contribution is 2.09. The lowest BCUT2D eigenvalue weighted by atomic mass is 10.1. The average molecular weight is 239 g/mol. The number of nitrogens with one attached hydrogen (secondary N) is 2. The van der Waals surface area contributed by atoms with Crippen molar-refractivity contribution in [2.75, 3.05) is 19.6 Å². The fraction of sp³-hybridized carbons (Fsp3) is 0.750. The van der Waals surface area contributed by atoms with Gasteiger partial charge in [-0.05, 0) is 39.3 Å². The topological polar surface area (TPSA) is 37.0 Å². The van der Waals surface area contributed by atoms with Crippen molar-refractivity contribution in [3.05, 3.63) is 16.1 Å². The zero-order valence-electron chi connectivity index (χ0n) is 9.96. The van der Waals surface area contributed by atoms with E-state index in [0.717, 1.165) is 19.5 Å². The first-order chi connectivity index (χ1) is 7.84. The highest BCUT2D eigenvalue weighted by molar-refractivity contribution is 7.09. The zero-order valence-corrected chi connectivity index (χ0v) is 10.8. The van der Waals surface area contributed by atoms with Crippen molar-refractivity contribution in [3.63, 3.8) is 0 Å². The zero-order chi connectivity index (χ0) is 11.2. The number of hydrogen-bond acceptors (Lipinski definition) is 4. The lowest BCUT2D eigenvalue weighted by Crippen LogP contribution is -2.31. The van der Waals surface area contributed by atoms with E-state index in [1.54, 1.807) is 11.3 Å². The van der Waals surface area contributed by atoms with Gasteiger partial charge in [-0.1, -0.05) is 0 Å². The van der Waals surface area contributed by atoms with Crippen molar-refractivity contribution < 1.29 is 0 Å². The summed E-state index contributed by atoms with van der Waals surface area (Å²) in [6.45, 7) is 5.48. The van der Waals surface area contributed by atoms with Crippen LogP contribution in [0.5, 0.6) is 0 Å². The Morgan fingerprint density at radius 2 is 2.44 bits per heavy atom. The van der Waals surface area contributed by atoms with Crippen molar-refractivity contribution in [1.82, 2.24) is 15.6 Å². The highest BCUT2D eigenvalue weighted by atomic mass is 32.1. The first kappa shape index (κ1) is 12.0. The van der Waals surface area contributed by atoms with Crippen LogP contribution in [-0.4, -0.2) is 30.7 Å². The fourth-order valence-electron chi connectivity index (χ4n) is 2.15. The molecule has 0 aromatic carbocycles. The highest BCUT2D eigenvalue weighted by Gasteiger charge is 2.10. The molecule has 1 aromatic heterocycles. The summed E-state index contributed by atoms with van der Waals surface area (Å²) in [4.78, 5) is 4.48. The normalized spacial score (nSPS) is 21.9. The molecule has 2 heterocycles. The fourth-order valence-corrected chi connectivity index (χ4v) is 2.80. The van der Waals surface area contributed by atoms with Crippen LogP contribution in [0.4, 0.5) is 0 Å². The Balaban J connectivity index is 1.67. The molecule has 1 aliphatic rings. The van der Waals surface area contributed by atoms with Crippen LogP contribution in [0.25, 0.3) is 0 Å². The molecule has 2 N–H and O–H groups in total. The minimum atomic E-state index is 0.703. The first-order valence-corrected chi connectivity index (χ1v) is 7.07. The van der Waals surface area contributed by atoms with E-state index >= 15 is 0 Å². The number of hydrogen-bond donors (Lipinski definition) is 2. The van der Waals surface area contributed by atoms with E-state index in [9.17, 15) is 0 Å². The molecule has 1 aromatic rings. The Morgan fingerprint density at radius 1 is 1.50 bits per heavy atom. The van der Waals surface area contributed by atoms with Crippen LogP contribution in [0.2, 0.25) is 0 Å². The second-order valence-electron chi connectivity index (χ2n) is 4.44. The molecule has 0 bridgehead atoms. The van der Waals surface area contributed by atoms with E-state index in [4.69, 9.17) is 0 Å². The summed E-state index contributed by atoms with van der Waals surface area (Å²) in [6, 6.07) is 0.703. The summed E-state index contributed by atoms with van der Waals surface area (Å²) < 4.78 is 0. The lowest BCUT2D eigenvalue weighted by Gasteiger charge is -2.15. The monoisotopic (exact) mass is 239 g/mol. The molecule has 1 aliphatic heterocycles. The molecule has 16 heavy (non-hydrogen) atoms. The molecular formula is C12H21N3S. The molecule has 0 spiro atoms. The van der Waals surface area contributed by atoms with E-state index in [2.05, 4.69) is 27.9 Å². The molecule has 1 fully saturated rings. The number of nitrogens with zero attached hydrogens (tertiary/aromatic N) is 1. The van der Waals surface area contributed by atoms with Crippen LogP contribution in [0.1, 0.15) is 30.0 Å². The number of aromatic nitrogens is 1. The molecular weight excluding hydrogens is 218 g/mol. The van der Waals surface area contributed by atoms with Crippen molar-refractivity contribution >= 4 is 11.3 Å². The predicted molar refractivity (Wildman–Crippen MR) is 69.1 cm³/mol. The molecule has 4 heteroatoms. The molecule has 2 rings (SSSR count). The predicted octanol–water partition coefficient (Wildman–Crippen LogP) is 1.73. The maximum Gasteiger partial charge on any atom is 0.0897 e. The molecule has 1 unspecified atom stereocenters. The Morgan fingerprint density at radius 3 is 3.25 bits per heavy atom. The van der Waals surface area contributed by atoms with E-state index in [1.165, 1.54) is 36.5 Å². The second kappa shape index (κ2) is 6.33.